The van der Waals surface area contributed by atoms with E-state index in [9.17, 15) is 4.79 Å². The van der Waals surface area contributed by atoms with Crippen LogP contribution in [0.1, 0.15) is 19.3 Å². The Morgan fingerprint density at radius 3 is 2.95 bits per heavy atom. The van der Waals surface area contributed by atoms with Gasteiger partial charge in [-0.1, -0.05) is 23.2 Å². The van der Waals surface area contributed by atoms with E-state index in [4.69, 9.17) is 33.0 Å². The minimum atomic E-state index is -0.0522. The molecule has 0 aliphatic carbocycles. The van der Waals surface area contributed by atoms with Crippen molar-refractivity contribution in [3.63, 3.8) is 0 Å². The SMILES string of the molecule is O=C(COc1ccc(Cl)cc1Cl)N1CCCC(CCO)C1. The third kappa shape index (κ3) is 4.77. The summed E-state index contributed by atoms with van der Waals surface area (Å²) in [6.45, 7) is 1.58. The lowest BCUT2D eigenvalue weighted by Gasteiger charge is -2.32. The first-order valence-electron chi connectivity index (χ1n) is 7.06. The van der Waals surface area contributed by atoms with Crippen LogP contribution >= 0.6 is 23.2 Å². The highest BCUT2D eigenvalue weighted by Gasteiger charge is 2.23. The number of hydrogen-bond donors (Lipinski definition) is 1. The number of hydrogen-bond acceptors (Lipinski definition) is 3. The van der Waals surface area contributed by atoms with E-state index in [2.05, 4.69) is 0 Å². The topological polar surface area (TPSA) is 49.8 Å². The molecular formula is C15H19Cl2NO3. The molecule has 1 fully saturated rings. The fourth-order valence-corrected chi connectivity index (χ4v) is 3.00. The van der Waals surface area contributed by atoms with E-state index in [1.165, 1.54) is 0 Å². The molecule has 1 aromatic carbocycles. The van der Waals surface area contributed by atoms with Crippen LogP contribution in [0, 0.1) is 5.92 Å². The van der Waals surface area contributed by atoms with Gasteiger partial charge in [-0.3, -0.25) is 4.79 Å². The van der Waals surface area contributed by atoms with Crippen LogP contribution in [0.25, 0.3) is 0 Å². The van der Waals surface area contributed by atoms with Gasteiger partial charge in [0.15, 0.2) is 6.61 Å². The average Bonchev–Trinajstić information content (AvgIpc) is 2.47. The minimum absolute atomic E-state index is 0.0345. The lowest BCUT2D eigenvalue weighted by atomic mass is 9.95. The van der Waals surface area contributed by atoms with Crippen molar-refractivity contribution in [1.82, 2.24) is 4.90 Å². The molecule has 1 aromatic rings. The zero-order valence-corrected chi connectivity index (χ0v) is 13.2. The van der Waals surface area contributed by atoms with Crippen molar-refractivity contribution >= 4 is 29.1 Å². The zero-order chi connectivity index (χ0) is 15.2. The smallest absolute Gasteiger partial charge is 0.260 e. The number of carbonyl (C=O) groups excluding carboxylic acids is 1. The van der Waals surface area contributed by atoms with Gasteiger partial charge in [0.25, 0.3) is 5.91 Å². The molecule has 116 valence electrons. The number of aliphatic hydroxyl groups is 1. The molecule has 0 radical (unpaired) electrons. The van der Waals surface area contributed by atoms with Crippen LogP contribution < -0.4 is 4.74 Å². The van der Waals surface area contributed by atoms with E-state index in [0.717, 1.165) is 25.8 Å². The average molecular weight is 332 g/mol. The molecule has 0 bridgehead atoms. The molecule has 21 heavy (non-hydrogen) atoms. The summed E-state index contributed by atoms with van der Waals surface area (Å²) in [4.78, 5) is 14.0. The number of amides is 1. The lowest BCUT2D eigenvalue weighted by molar-refractivity contribution is -0.135. The number of nitrogens with zero attached hydrogens (tertiary/aromatic N) is 1. The van der Waals surface area contributed by atoms with E-state index in [1.807, 2.05) is 0 Å². The predicted molar refractivity (Wildman–Crippen MR) is 83.0 cm³/mol. The Morgan fingerprint density at radius 1 is 1.43 bits per heavy atom. The number of piperidine rings is 1. The van der Waals surface area contributed by atoms with Crippen LogP contribution in [-0.2, 0) is 4.79 Å². The summed E-state index contributed by atoms with van der Waals surface area (Å²) in [7, 11) is 0. The van der Waals surface area contributed by atoms with Gasteiger partial charge in [0.05, 0.1) is 5.02 Å². The standard InChI is InChI=1S/C15H19Cl2NO3/c16-12-3-4-14(13(17)8-12)21-10-15(20)18-6-1-2-11(9-18)5-7-19/h3-4,8,11,19H,1-2,5-7,9-10H2. The largest absolute Gasteiger partial charge is 0.482 e. The number of ether oxygens (including phenoxy) is 1. The number of rotatable bonds is 5. The van der Waals surface area contributed by atoms with Crippen molar-refractivity contribution in [2.45, 2.75) is 19.3 Å². The lowest BCUT2D eigenvalue weighted by Crippen LogP contribution is -2.42. The third-order valence-electron chi connectivity index (χ3n) is 3.65. The van der Waals surface area contributed by atoms with Crippen LogP contribution in [0.4, 0.5) is 0 Å². The van der Waals surface area contributed by atoms with Gasteiger partial charge in [-0.2, -0.15) is 0 Å². The van der Waals surface area contributed by atoms with Crippen molar-refractivity contribution < 1.29 is 14.6 Å². The monoisotopic (exact) mass is 331 g/mol. The molecule has 6 heteroatoms. The first-order chi connectivity index (χ1) is 10.1. The van der Waals surface area contributed by atoms with Crippen molar-refractivity contribution in [2.24, 2.45) is 5.92 Å². The molecule has 0 spiro atoms. The molecule has 1 aliphatic heterocycles. The maximum absolute atomic E-state index is 12.2. The second-order valence-electron chi connectivity index (χ2n) is 5.22. The number of aliphatic hydroxyl groups excluding tert-OH is 1. The molecule has 4 nitrogen and oxygen atoms in total. The van der Waals surface area contributed by atoms with Crippen molar-refractivity contribution in [3.8, 4) is 5.75 Å². The highest BCUT2D eigenvalue weighted by Crippen LogP contribution is 2.27. The predicted octanol–water partition coefficient (Wildman–Crippen LogP) is 2.99. The Labute approximate surface area is 134 Å². The minimum Gasteiger partial charge on any atom is -0.482 e. The number of halogens is 2. The van der Waals surface area contributed by atoms with Gasteiger partial charge in [-0.15, -0.1) is 0 Å². The third-order valence-corrected chi connectivity index (χ3v) is 4.18. The zero-order valence-electron chi connectivity index (χ0n) is 11.7. The number of carbonyl (C=O) groups is 1. The van der Waals surface area contributed by atoms with E-state index in [-0.39, 0.29) is 19.1 Å². The van der Waals surface area contributed by atoms with E-state index < -0.39 is 0 Å². The fraction of sp³-hybridized carbons (Fsp3) is 0.533. The summed E-state index contributed by atoms with van der Waals surface area (Å²) < 4.78 is 5.47. The molecular weight excluding hydrogens is 313 g/mol. The summed E-state index contributed by atoms with van der Waals surface area (Å²) in [6.07, 6.45) is 2.78. The van der Waals surface area contributed by atoms with Gasteiger partial charge in [-0.05, 0) is 43.4 Å². The van der Waals surface area contributed by atoms with E-state index >= 15 is 0 Å². The van der Waals surface area contributed by atoms with Gasteiger partial charge < -0.3 is 14.7 Å². The molecule has 1 atom stereocenters. The maximum Gasteiger partial charge on any atom is 0.260 e. The second kappa shape index (κ2) is 7.87. The molecule has 1 saturated heterocycles. The molecule has 1 N–H and O–H groups in total. The first kappa shape index (κ1) is 16.4. The Balaban J connectivity index is 1.86. The molecule has 0 aromatic heterocycles. The number of benzene rings is 1. The van der Waals surface area contributed by atoms with Crippen molar-refractivity contribution in [2.75, 3.05) is 26.3 Å². The van der Waals surface area contributed by atoms with Gasteiger partial charge in [0.2, 0.25) is 0 Å². The second-order valence-corrected chi connectivity index (χ2v) is 6.07. The van der Waals surface area contributed by atoms with Crippen molar-refractivity contribution in [1.29, 1.82) is 0 Å². The van der Waals surface area contributed by atoms with Crippen LogP contribution in [0.15, 0.2) is 18.2 Å². The summed E-state index contributed by atoms with van der Waals surface area (Å²) in [5, 5.41) is 9.92. The molecule has 2 rings (SSSR count). The first-order valence-corrected chi connectivity index (χ1v) is 7.82. The van der Waals surface area contributed by atoms with Gasteiger partial charge >= 0.3 is 0 Å². The number of likely N-dealkylation sites (tertiary alicyclic amines) is 1. The summed E-state index contributed by atoms with van der Waals surface area (Å²) >= 11 is 11.8. The van der Waals surface area contributed by atoms with Crippen LogP contribution in [0.5, 0.6) is 5.75 Å². The maximum atomic E-state index is 12.2. The van der Waals surface area contributed by atoms with Gasteiger partial charge in [-0.25, -0.2) is 0 Å². The Hall–Kier alpha value is -0.970. The summed E-state index contributed by atoms with van der Waals surface area (Å²) in [5.41, 5.74) is 0. The molecule has 1 aliphatic rings. The van der Waals surface area contributed by atoms with E-state index in [0.29, 0.717) is 28.3 Å². The van der Waals surface area contributed by atoms with Gasteiger partial charge in [0, 0.05) is 24.7 Å². The van der Waals surface area contributed by atoms with Crippen LogP contribution in [0.3, 0.4) is 0 Å². The Bertz CT molecular complexity index is 494. The van der Waals surface area contributed by atoms with Crippen LogP contribution in [-0.4, -0.2) is 42.2 Å². The molecule has 0 saturated carbocycles. The highest BCUT2D eigenvalue weighted by atomic mass is 35.5. The fourth-order valence-electron chi connectivity index (χ4n) is 2.53. The molecule has 1 unspecified atom stereocenters. The Morgan fingerprint density at radius 2 is 2.24 bits per heavy atom. The van der Waals surface area contributed by atoms with Crippen molar-refractivity contribution in [3.05, 3.63) is 28.2 Å². The van der Waals surface area contributed by atoms with Crippen LogP contribution in [0.2, 0.25) is 10.0 Å². The summed E-state index contributed by atoms with van der Waals surface area (Å²) in [6, 6.07) is 4.91. The molecule has 1 heterocycles. The highest BCUT2D eigenvalue weighted by molar-refractivity contribution is 6.35. The molecule has 1 amide bonds. The Kier molecular flexibility index (Phi) is 6.15. The van der Waals surface area contributed by atoms with E-state index in [1.54, 1.807) is 23.1 Å². The van der Waals surface area contributed by atoms with Gasteiger partial charge in [0.1, 0.15) is 5.75 Å². The normalized spacial score (nSPS) is 18.6. The quantitative estimate of drug-likeness (QED) is 0.902. The summed E-state index contributed by atoms with van der Waals surface area (Å²) in [5.74, 6) is 0.786.